The Labute approximate surface area is 156 Å². The maximum absolute atomic E-state index is 13.1. The van der Waals surface area contributed by atoms with Gasteiger partial charge in [-0.3, -0.25) is 0 Å². The third-order valence-electron chi connectivity index (χ3n) is 4.68. The lowest BCUT2D eigenvalue weighted by atomic mass is 9.89. The molecular formula is C18H19N3O3S2. The summed E-state index contributed by atoms with van der Waals surface area (Å²) in [5.41, 5.74) is 1.08. The van der Waals surface area contributed by atoms with Crippen LogP contribution in [0.2, 0.25) is 0 Å². The third kappa shape index (κ3) is 3.08. The smallest absolute Gasteiger partial charge is 0.252 e. The molecular weight excluding hydrogens is 370 g/mol. The van der Waals surface area contributed by atoms with Crippen LogP contribution >= 0.6 is 11.3 Å². The lowest BCUT2D eigenvalue weighted by Crippen LogP contribution is -2.28. The maximum atomic E-state index is 13.1. The van der Waals surface area contributed by atoms with Crippen LogP contribution in [0.15, 0.2) is 51.2 Å². The molecule has 2 aromatic heterocycles. The number of sulfonamides is 1. The second-order valence-electron chi connectivity index (χ2n) is 6.49. The summed E-state index contributed by atoms with van der Waals surface area (Å²) in [5.74, 6) is 0.875. The molecule has 0 aliphatic carbocycles. The molecule has 0 bridgehead atoms. The predicted molar refractivity (Wildman–Crippen MR) is 98.8 cm³/mol. The SMILES string of the molecule is Cc1noc([C@H]2CN(S(=O)(=O)c3ccc(C)s3)C[C@H]2c2ccccc2)n1. The molecule has 1 aliphatic heterocycles. The Morgan fingerprint density at radius 3 is 2.42 bits per heavy atom. The molecule has 6 nitrogen and oxygen atoms in total. The van der Waals surface area contributed by atoms with Crippen molar-refractivity contribution in [1.29, 1.82) is 0 Å². The highest BCUT2D eigenvalue weighted by Crippen LogP contribution is 2.41. The molecule has 0 N–H and O–H groups in total. The van der Waals surface area contributed by atoms with Gasteiger partial charge < -0.3 is 4.52 Å². The van der Waals surface area contributed by atoms with Gasteiger partial charge in [0.05, 0.1) is 5.92 Å². The monoisotopic (exact) mass is 389 g/mol. The summed E-state index contributed by atoms with van der Waals surface area (Å²) in [6.45, 7) is 4.41. The second kappa shape index (κ2) is 6.61. The zero-order valence-corrected chi connectivity index (χ0v) is 16.1. The van der Waals surface area contributed by atoms with Gasteiger partial charge in [-0.1, -0.05) is 35.5 Å². The molecule has 0 unspecified atom stereocenters. The number of thiophene rings is 1. The molecule has 4 rings (SSSR count). The Morgan fingerprint density at radius 1 is 1.08 bits per heavy atom. The van der Waals surface area contributed by atoms with E-state index in [0.29, 0.717) is 29.0 Å². The molecule has 0 spiro atoms. The van der Waals surface area contributed by atoms with E-state index in [0.717, 1.165) is 10.4 Å². The summed E-state index contributed by atoms with van der Waals surface area (Å²) in [4.78, 5) is 5.34. The summed E-state index contributed by atoms with van der Waals surface area (Å²) < 4.78 is 33.5. The van der Waals surface area contributed by atoms with Crippen molar-refractivity contribution in [2.75, 3.05) is 13.1 Å². The van der Waals surface area contributed by atoms with E-state index in [1.807, 2.05) is 43.3 Å². The van der Waals surface area contributed by atoms with Crippen molar-refractivity contribution >= 4 is 21.4 Å². The largest absolute Gasteiger partial charge is 0.339 e. The van der Waals surface area contributed by atoms with Crippen LogP contribution in [0.4, 0.5) is 0 Å². The average Bonchev–Trinajstić information content (AvgIpc) is 3.34. The van der Waals surface area contributed by atoms with Gasteiger partial charge >= 0.3 is 0 Å². The molecule has 8 heteroatoms. The van der Waals surface area contributed by atoms with Gasteiger partial charge in [-0.2, -0.15) is 9.29 Å². The van der Waals surface area contributed by atoms with Gasteiger partial charge in [0.15, 0.2) is 5.82 Å². The van der Waals surface area contributed by atoms with Crippen LogP contribution in [-0.4, -0.2) is 36.0 Å². The first-order valence-electron chi connectivity index (χ1n) is 8.37. The zero-order chi connectivity index (χ0) is 18.3. The Morgan fingerprint density at radius 2 is 1.81 bits per heavy atom. The van der Waals surface area contributed by atoms with Crippen LogP contribution in [0, 0.1) is 13.8 Å². The molecule has 0 amide bonds. The van der Waals surface area contributed by atoms with Crippen LogP contribution in [0.3, 0.4) is 0 Å². The van der Waals surface area contributed by atoms with E-state index in [9.17, 15) is 8.42 Å². The highest BCUT2D eigenvalue weighted by atomic mass is 32.2. The van der Waals surface area contributed by atoms with Crippen molar-refractivity contribution in [3.05, 3.63) is 64.6 Å². The van der Waals surface area contributed by atoms with Gasteiger partial charge in [0.2, 0.25) is 5.89 Å². The minimum atomic E-state index is -3.53. The first kappa shape index (κ1) is 17.4. The van der Waals surface area contributed by atoms with Crippen molar-refractivity contribution in [1.82, 2.24) is 14.4 Å². The van der Waals surface area contributed by atoms with Crippen LogP contribution in [0.1, 0.15) is 34.0 Å². The summed E-state index contributed by atoms with van der Waals surface area (Å²) in [7, 11) is -3.53. The van der Waals surface area contributed by atoms with Gasteiger partial charge in [0.1, 0.15) is 4.21 Å². The number of benzene rings is 1. The molecule has 3 heterocycles. The van der Waals surface area contributed by atoms with E-state index in [1.54, 1.807) is 17.3 Å². The second-order valence-corrected chi connectivity index (χ2v) is 9.94. The number of rotatable bonds is 4. The number of nitrogens with zero attached hydrogens (tertiary/aromatic N) is 3. The third-order valence-corrected chi connectivity index (χ3v) is 7.98. The molecule has 136 valence electrons. The van der Waals surface area contributed by atoms with E-state index in [1.165, 1.54) is 11.3 Å². The fourth-order valence-electron chi connectivity index (χ4n) is 3.39. The molecule has 0 radical (unpaired) electrons. The van der Waals surface area contributed by atoms with E-state index < -0.39 is 10.0 Å². The maximum Gasteiger partial charge on any atom is 0.252 e. The highest BCUT2D eigenvalue weighted by Gasteiger charge is 2.43. The van der Waals surface area contributed by atoms with Gasteiger partial charge in [0, 0.05) is 23.9 Å². The summed E-state index contributed by atoms with van der Waals surface area (Å²) in [5, 5.41) is 3.89. The van der Waals surface area contributed by atoms with E-state index in [-0.39, 0.29) is 11.8 Å². The van der Waals surface area contributed by atoms with Crippen LogP contribution in [0.25, 0.3) is 0 Å². The number of hydrogen-bond donors (Lipinski definition) is 0. The Balaban J connectivity index is 1.71. The molecule has 3 aromatic rings. The normalized spacial score (nSPS) is 21.3. The van der Waals surface area contributed by atoms with Crippen molar-refractivity contribution in [2.24, 2.45) is 0 Å². The summed E-state index contributed by atoms with van der Waals surface area (Å²) >= 11 is 1.30. The number of aromatic nitrogens is 2. The van der Waals surface area contributed by atoms with Crippen LogP contribution in [0.5, 0.6) is 0 Å². The van der Waals surface area contributed by atoms with Gasteiger partial charge in [-0.05, 0) is 31.5 Å². The van der Waals surface area contributed by atoms with Gasteiger partial charge in [-0.25, -0.2) is 8.42 Å². The van der Waals surface area contributed by atoms with Crippen molar-refractivity contribution in [3.8, 4) is 0 Å². The number of aryl methyl sites for hydroxylation is 2. The molecule has 1 saturated heterocycles. The highest BCUT2D eigenvalue weighted by molar-refractivity contribution is 7.91. The quantitative estimate of drug-likeness (QED) is 0.684. The molecule has 0 saturated carbocycles. The number of hydrogen-bond acceptors (Lipinski definition) is 6. The Bertz CT molecular complexity index is 1010. The minimum Gasteiger partial charge on any atom is -0.339 e. The molecule has 26 heavy (non-hydrogen) atoms. The summed E-state index contributed by atoms with van der Waals surface area (Å²) in [6, 6.07) is 13.4. The topological polar surface area (TPSA) is 76.3 Å². The molecule has 2 atom stereocenters. The fourth-order valence-corrected chi connectivity index (χ4v) is 6.32. The standard InChI is InChI=1S/C18H19N3O3S2/c1-12-8-9-17(25-12)26(22,23)21-10-15(14-6-4-3-5-7-14)16(11-21)18-19-13(2)20-24-18/h3-9,15-16H,10-11H2,1-2H3/t15-,16-/m0/s1. The van der Waals surface area contributed by atoms with Gasteiger partial charge in [-0.15, -0.1) is 11.3 Å². The molecule has 1 fully saturated rings. The average molecular weight is 390 g/mol. The van der Waals surface area contributed by atoms with Crippen molar-refractivity contribution in [2.45, 2.75) is 29.9 Å². The zero-order valence-electron chi connectivity index (χ0n) is 14.5. The lowest BCUT2D eigenvalue weighted by Gasteiger charge is -2.15. The lowest BCUT2D eigenvalue weighted by molar-refractivity contribution is 0.345. The predicted octanol–water partition coefficient (Wildman–Crippen LogP) is 3.32. The first-order chi connectivity index (χ1) is 12.4. The van der Waals surface area contributed by atoms with Crippen molar-refractivity contribution < 1.29 is 12.9 Å². The van der Waals surface area contributed by atoms with Crippen LogP contribution in [-0.2, 0) is 10.0 Å². The fraction of sp³-hybridized carbons (Fsp3) is 0.333. The Kier molecular flexibility index (Phi) is 4.42. The van der Waals surface area contributed by atoms with E-state index in [2.05, 4.69) is 10.1 Å². The van der Waals surface area contributed by atoms with E-state index in [4.69, 9.17) is 4.52 Å². The van der Waals surface area contributed by atoms with Crippen molar-refractivity contribution in [3.63, 3.8) is 0 Å². The molecule has 1 aliphatic rings. The van der Waals surface area contributed by atoms with Gasteiger partial charge in [0.25, 0.3) is 10.0 Å². The minimum absolute atomic E-state index is 0.0214. The summed E-state index contributed by atoms with van der Waals surface area (Å²) in [6.07, 6.45) is 0. The Hall–Kier alpha value is -2.03. The molecule has 1 aromatic carbocycles. The first-order valence-corrected chi connectivity index (χ1v) is 10.6. The van der Waals surface area contributed by atoms with E-state index >= 15 is 0 Å². The van der Waals surface area contributed by atoms with Crippen LogP contribution < -0.4 is 0 Å².